The molecule has 1 aliphatic carbocycles. The van der Waals surface area contributed by atoms with Gasteiger partial charge in [-0.05, 0) is 12.8 Å². The van der Waals surface area contributed by atoms with Crippen molar-refractivity contribution >= 4 is 26.5 Å². The van der Waals surface area contributed by atoms with E-state index in [1.165, 1.54) is 24.2 Å². The van der Waals surface area contributed by atoms with E-state index in [2.05, 4.69) is 19.9 Å². The molecule has 0 bridgehead atoms. The number of hydrogen-bond donors (Lipinski definition) is 2. The molecule has 0 atom stereocenters. The van der Waals surface area contributed by atoms with E-state index in [9.17, 15) is 8.42 Å². The predicted molar refractivity (Wildman–Crippen MR) is 80.8 cm³/mol. The molecule has 1 aromatic heterocycles. The molecule has 0 spiro atoms. The van der Waals surface area contributed by atoms with Crippen molar-refractivity contribution in [1.82, 2.24) is 15.2 Å². The molecule has 1 aromatic rings. The van der Waals surface area contributed by atoms with Crippen LogP contribution < -0.4 is 10.0 Å². The summed E-state index contributed by atoms with van der Waals surface area (Å²) < 4.78 is 26.7. The van der Waals surface area contributed by atoms with Gasteiger partial charge in [-0.3, -0.25) is 9.62 Å². The summed E-state index contributed by atoms with van der Waals surface area (Å²) in [7, 11) is -3.29. The normalized spacial score (nSPS) is 21.0. The van der Waals surface area contributed by atoms with Gasteiger partial charge in [0.15, 0.2) is 5.13 Å². The largest absolute Gasteiger partial charge is 0.314 e. The molecule has 2 fully saturated rings. The molecule has 0 aromatic carbocycles. The van der Waals surface area contributed by atoms with Crippen LogP contribution in [0.25, 0.3) is 0 Å². The molecular formula is C12H20N4O2S2. The van der Waals surface area contributed by atoms with Crippen molar-refractivity contribution in [1.29, 1.82) is 0 Å². The molecule has 2 aliphatic rings. The lowest BCUT2D eigenvalue weighted by Gasteiger charge is -2.26. The van der Waals surface area contributed by atoms with Gasteiger partial charge in [0, 0.05) is 44.0 Å². The molecule has 20 heavy (non-hydrogen) atoms. The summed E-state index contributed by atoms with van der Waals surface area (Å²) >= 11 is 1.38. The number of aromatic nitrogens is 1. The van der Waals surface area contributed by atoms with Crippen molar-refractivity contribution in [2.45, 2.75) is 18.8 Å². The van der Waals surface area contributed by atoms with Crippen LogP contribution in [-0.2, 0) is 10.0 Å². The minimum atomic E-state index is -3.29. The van der Waals surface area contributed by atoms with E-state index in [0.717, 1.165) is 31.9 Å². The molecule has 2 heterocycles. The van der Waals surface area contributed by atoms with Gasteiger partial charge in [0.2, 0.25) is 10.0 Å². The smallest absolute Gasteiger partial charge is 0.235 e. The number of rotatable bonds is 6. The first kappa shape index (κ1) is 14.2. The Kier molecular flexibility index (Phi) is 4.25. The third-order valence-corrected chi connectivity index (χ3v) is 5.78. The second-order valence-corrected chi connectivity index (χ2v) is 8.06. The fourth-order valence-electron chi connectivity index (χ4n) is 2.27. The van der Waals surface area contributed by atoms with E-state index in [0.29, 0.717) is 17.6 Å². The highest BCUT2D eigenvalue weighted by molar-refractivity contribution is 7.92. The van der Waals surface area contributed by atoms with E-state index < -0.39 is 10.0 Å². The maximum absolute atomic E-state index is 12.1. The van der Waals surface area contributed by atoms with Crippen LogP contribution in [0.1, 0.15) is 24.5 Å². The Hall–Kier alpha value is -0.700. The average molecular weight is 316 g/mol. The summed E-state index contributed by atoms with van der Waals surface area (Å²) in [4.78, 5) is 6.53. The first-order valence-corrected chi connectivity index (χ1v) is 9.54. The molecule has 1 saturated carbocycles. The van der Waals surface area contributed by atoms with Crippen molar-refractivity contribution in [2.75, 3.05) is 43.2 Å². The summed E-state index contributed by atoms with van der Waals surface area (Å²) in [6.45, 7) is 4.28. The van der Waals surface area contributed by atoms with E-state index in [-0.39, 0.29) is 5.75 Å². The van der Waals surface area contributed by atoms with E-state index in [1.54, 1.807) is 0 Å². The summed E-state index contributed by atoms with van der Waals surface area (Å²) in [6.07, 6.45) is 2.36. The second kappa shape index (κ2) is 5.97. The molecule has 112 valence electrons. The van der Waals surface area contributed by atoms with Gasteiger partial charge in [0.1, 0.15) is 0 Å². The number of sulfonamides is 1. The Morgan fingerprint density at radius 1 is 1.40 bits per heavy atom. The van der Waals surface area contributed by atoms with Crippen LogP contribution in [0.15, 0.2) is 5.38 Å². The van der Waals surface area contributed by atoms with Crippen LogP contribution in [0.4, 0.5) is 5.13 Å². The van der Waals surface area contributed by atoms with Crippen molar-refractivity contribution in [3.05, 3.63) is 11.1 Å². The lowest BCUT2D eigenvalue weighted by Crippen LogP contribution is -2.45. The molecule has 0 unspecified atom stereocenters. The van der Waals surface area contributed by atoms with Gasteiger partial charge in [-0.15, -0.1) is 11.3 Å². The molecule has 0 radical (unpaired) electrons. The maximum atomic E-state index is 12.1. The minimum absolute atomic E-state index is 0.130. The van der Waals surface area contributed by atoms with Gasteiger partial charge in [0.25, 0.3) is 0 Å². The van der Waals surface area contributed by atoms with Gasteiger partial charge in [0.05, 0.1) is 11.4 Å². The van der Waals surface area contributed by atoms with Crippen molar-refractivity contribution in [3.63, 3.8) is 0 Å². The predicted octanol–water partition coefficient (Wildman–Crippen LogP) is 0.667. The number of hydrogen-bond acceptors (Lipinski definition) is 6. The number of nitrogens with zero attached hydrogens (tertiary/aromatic N) is 2. The molecule has 8 heteroatoms. The molecule has 0 amide bonds. The molecule has 1 aliphatic heterocycles. The van der Waals surface area contributed by atoms with Gasteiger partial charge in [-0.25, -0.2) is 13.4 Å². The molecular weight excluding hydrogens is 296 g/mol. The van der Waals surface area contributed by atoms with E-state index >= 15 is 0 Å². The highest BCUT2D eigenvalue weighted by atomic mass is 32.2. The summed E-state index contributed by atoms with van der Waals surface area (Å²) in [6, 6.07) is 0. The topological polar surface area (TPSA) is 74.3 Å². The SMILES string of the molecule is O=S(=O)(CCN1CCNCC1)Nc1nc(C2CC2)cs1. The average Bonchev–Trinajstić information content (AvgIpc) is 3.19. The van der Waals surface area contributed by atoms with Gasteiger partial charge >= 0.3 is 0 Å². The quantitative estimate of drug-likeness (QED) is 0.807. The Labute approximate surface area is 123 Å². The number of thiazole rings is 1. The Morgan fingerprint density at radius 3 is 2.85 bits per heavy atom. The van der Waals surface area contributed by atoms with Gasteiger partial charge < -0.3 is 5.32 Å². The zero-order valence-corrected chi connectivity index (χ0v) is 13.0. The number of piperazine rings is 1. The Balaban J connectivity index is 1.51. The third kappa shape index (κ3) is 3.91. The molecule has 2 N–H and O–H groups in total. The van der Waals surface area contributed by atoms with Crippen LogP contribution in [-0.4, -0.2) is 56.8 Å². The summed E-state index contributed by atoms with van der Waals surface area (Å²) in [5.74, 6) is 0.691. The van der Waals surface area contributed by atoms with E-state index in [1.807, 2.05) is 5.38 Å². The van der Waals surface area contributed by atoms with Crippen LogP contribution >= 0.6 is 11.3 Å². The molecule has 1 saturated heterocycles. The molecule has 3 rings (SSSR count). The lowest BCUT2D eigenvalue weighted by atomic mass is 10.3. The zero-order valence-electron chi connectivity index (χ0n) is 11.3. The van der Waals surface area contributed by atoms with Gasteiger partial charge in [-0.1, -0.05) is 0 Å². The van der Waals surface area contributed by atoms with Crippen LogP contribution in [0, 0.1) is 0 Å². The summed E-state index contributed by atoms with van der Waals surface area (Å²) in [5.41, 5.74) is 1.04. The highest BCUT2D eigenvalue weighted by Gasteiger charge is 2.26. The van der Waals surface area contributed by atoms with Crippen LogP contribution in [0.2, 0.25) is 0 Å². The molecule has 6 nitrogen and oxygen atoms in total. The van der Waals surface area contributed by atoms with E-state index in [4.69, 9.17) is 0 Å². The summed E-state index contributed by atoms with van der Waals surface area (Å²) in [5, 5.41) is 5.73. The lowest BCUT2D eigenvalue weighted by molar-refractivity contribution is 0.254. The van der Waals surface area contributed by atoms with Crippen molar-refractivity contribution in [3.8, 4) is 0 Å². The first-order valence-electron chi connectivity index (χ1n) is 7.01. The first-order chi connectivity index (χ1) is 9.62. The van der Waals surface area contributed by atoms with Gasteiger partial charge in [-0.2, -0.15) is 0 Å². The minimum Gasteiger partial charge on any atom is -0.314 e. The Morgan fingerprint density at radius 2 is 2.15 bits per heavy atom. The maximum Gasteiger partial charge on any atom is 0.235 e. The second-order valence-electron chi connectivity index (χ2n) is 5.36. The van der Waals surface area contributed by atoms with Crippen LogP contribution in [0.3, 0.4) is 0 Å². The number of nitrogens with one attached hydrogen (secondary N) is 2. The standard InChI is InChI=1S/C12H20N4O2S2/c17-20(18,8-7-16-5-3-13-4-6-16)15-12-14-11(9-19-12)10-1-2-10/h9-10,13H,1-8H2,(H,14,15). The Bertz CT molecular complexity index is 548. The highest BCUT2D eigenvalue weighted by Crippen LogP contribution is 2.40. The fourth-order valence-corrected chi connectivity index (χ4v) is 4.39. The monoisotopic (exact) mass is 316 g/mol. The fraction of sp³-hybridized carbons (Fsp3) is 0.750. The van der Waals surface area contributed by atoms with Crippen molar-refractivity contribution in [2.24, 2.45) is 0 Å². The van der Waals surface area contributed by atoms with Crippen LogP contribution in [0.5, 0.6) is 0 Å². The zero-order chi connectivity index (χ0) is 14.0. The number of anilines is 1. The van der Waals surface area contributed by atoms with Crippen molar-refractivity contribution < 1.29 is 8.42 Å². The third-order valence-electron chi connectivity index (χ3n) is 3.65.